The lowest BCUT2D eigenvalue weighted by Crippen LogP contribution is -2.38. The van der Waals surface area contributed by atoms with Gasteiger partial charge in [-0.2, -0.15) is 0 Å². The molecule has 0 saturated heterocycles. The Morgan fingerprint density at radius 3 is 2.30 bits per heavy atom. The largest absolute Gasteiger partial charge is 0.480 e. The van der Waals surface area contributed by atoms with Gasteiger partial charge in [-0.15, -0.1) is 0 Å². The van der Waals surface area contributed by atoms with Crippen LogP contribution in [0.25, 0.3) is 43.2 Å². The van der Waals surface area contributed by atoms with Crippen molar-refractivity contribution in [2.75, 3.05) is 0 Å². The molecule has 0 amide bonds. The van der Waals surface area contributed by atoms with E-state index in [1.807, 2.05) is 66.7 Å². The van der Waals surface area contributed by atoms with Crippen LogP contribution in [0, 0.1) is 0 Å². The number of rotatable bonds is 5. The second-order valence-electron chi connectivity index (χ2n) is 11.5. The van der Waals surface area contributed by atoms with Crippen LogP contribution in [0.4, 0.5) is 0 Å². The molecule has 0 bridgehead atoms. The summed E-state index contributed by atoms with van der Waals surface area (Å²) < 4.78 is 14.8. The van der Waals surface area contributed by atoms with Gasteiger partial charge in [0.25, 0.3) is 0 Å². The molecule has 5 heteroatoms. The highest BCUT2D eigenvalue weighted by atomic mass is 16.5. The fourth-order valence-corrected chi connectivity index (χ4v) is 7.08. The second kappa shape index (κ2) is 9.70. The van der Waals surface area contributed by atoms with Gasteiger partial charge in [-0.1, -0.05) is 91.0 Å². The quantitative estimate of drug-likeness (QED) is 0.119. The maximum Gasteiger partial charge on any atom is 0.311 e. The molecule has 0 saturated carbocycles. The van der Waals surface area contributed by atoms with Crippen LogP contribution in [0.2, 0.25) is 0 Å². The zero-order chi connectivity index (χ0) is 29.1. The summed E-state index contributed by atoms with van der Waals surface area (Å²) in [5.41, 5.74) is 2.00. The van der Waals surface area contributed by atoms with E-state index >= 15 is 0 Å². The number of para-hydroxylation sites is 1. The Bertz CT molecular complexity index is 2200. The average molecular weight is 564 g/mol. The Labute approximate surface area is 248 Å². The van der Waals surface area contributed by atoms with Crippen LogP contribution in [0.1, 0.15) is 42.2 Å². The van der Waals surface area contributed by atoms with E-state index < -0.39 is 5.60 Å². The normalized spacial score (nSPS) is 16.5. The van der Waals surface area contributed by atoms with Crippen LogP contribution < -0.4 is 9.47 Å². The Balaban J connectivity index is 1.14. The smallest absolute Gasteiger partial charge is 0.311 e. The minimum Gasteiger partial charge on any atom is -0.480 e. The van der Waals surface area contributed by atoms with E-state index in [2.05, 4.69) is 42.5 Å². The Hall–Kier alpha value is -5.16. The molecule has 0 spiro atoms. The molecule has 1 aliphatic rings. The Kier molecular flexibility index (Phi) is 5.76. The topological polar surface area (TPSA) is 57.5 Å². The van der Waals surface area contributed by atoms with Gasteiger partial charge in [-0.05, 0) is 58.1 Å². The third-order valence-corrected chi connectivity index (χ3v) is 9.03. The fraction of sp³-hybridized carbons (Fsp3) is 0.158. The number of ether oxygens (including phenoxy) is 2. The highest BCUT2D eigenvalue weighted by Crippen LogP contribution is 2.47. The molecule has 210 valence electrons. The predicted molar refractivity (Wildman–Crippen MR) is 170 cm³/mol. The minimum absolute atomic E-state index is 0.0371. The first-order chi connectivity index (χ1) is 21.0. The van der Waals surface area contributed by atoms with Crippen LogP contribution >= 0.6 is 0 Å². The van der Waals surface area contributed by atoms with Gasteiger partial charge in [-0.25, -0.2) is 0 Å². The van der Waals surface area contributed by atoms with Crippen LogP contribution in [0.3, 0.4) is 0 Å². The molecule has 8 rings (SSSR count). The molecule has 0 fully saturated rings. The van der Waals surface area contributed by atoms with Gasteiger partial charge in [0.05, 0.1) is 17.6 Å². The summed E-state index contributed by atoms with van der Waals surface area (Å²) >= 11 is 0. The van der Waals surface area contributed by atoms with Gasteiger partial charge in [0, 0.05) is 29.5 Å². The standard InChI is InChI=1S/C38H29NO4/c1-24(40)39-31-16-6-5-14-29(31)37-32(39)19-21-38(43-37,28-12-3-2-4-13-28)22-20-34(41)42-33-23-27-11-7-9-25-17-18-26-10-8-15-30(33)36(26)35(25)27/h2-18,23H,19-22H2,1H3. The molecule has 1 unspecified atom stereocenters. The molecule has 1 aliphatic heterocycles. The molecule has 0 radical (unpaired) electrons. The number of carbonyl (C=O) groups is 2. The maximum absolute atomic E-state index is 13.6. The zero-order valence-electron chi connectivity index (χ0n) is 23.8. The summed E-state index contributed by atoms with van der Waals surface area (Å²) in [6.07, 6.45) is 1.91. The van der Waals surface area contributed by atoms with Gasteiger partial charge in [0.15, 0.2) is 0 Å². The first-order valence-electron chi connectivity index (χ1n) is 14.8. The second-order valence-corrected chi connectivity index (χ2v) is 11.5. The first kappa shape index (κ1) is 25.5. The number of benzene rings is 6. The van der Waals surface area contributed by atoms with E-state index in [0.717, 1.165) is 49.5 Å². The van der Waals surface area contributed by atoms with E-state index in [1.54, 1.807) is 11.5 Å². The maximum atomic E-state index is 13.6. The molecule has 6 aromatic carbocycles. The SMILES string of the molecule is CC(=O)n1c2c(c3ccccc31)OC(CCC(=O)Oc1cc3cccc4ccc5cccc1c5c43)(c1ccccc1)CC2. The lowest BCUT2D eigenvalue weighted by molar-refractivity contribution is -0.135. The van der Waals surface area contributed by atoms with Crippen molar-refractivity contribution in [1.29, 1.82) is 0 Å². The van der Waals surface area contributed by atoms with Crippen molar-refractivity contribution in [3.05, 3.63) is 120 Å². The molecule has 5 nitrogen and oxygen atoms in total. The average Bonchev–Trinajstić information content (AvgIpc) is 3.37. The fourth-order valence-electron chi connectivity index (χ4n) is 7.08. The van der Waals surface area contributed by atoms with Gasteiger partial charge in [-0.3, -0.25) is 14.2 Å². The zero-order valence-corrected chi connectivity index (χ0v) is 23.8. The first-order valence-corrected chi connectivity index (χ1v) is 14.8. The number of esters is 1. The number of hydrogen-bond acceptors (Lipinski definition) is 4. The van der Waals surface area contributed by atoms with Gasteiger partial charge < -0.3 is 9.47 Å². The van der Waals surface area contributed by atoms with Crippen molar-refractivity contribution in [3.8, 4) is 11.5 Å². The van der Waals surface area contributed by atoms with Crippen LogP contribution in [-0.2, 0) is 16.8 Å². The van der Waals surface area contributed by atoms with Crippen LogP contribution in [-0.4, -0.2) is 16.4 Å². The molecular formula is C38H29NO4. The van der Waals surface area contributed by atoms with Crippen LogP contribution in [0.15, 0.2) is 109 Å². The lowest BCUT2D eigenvalue weighted by Gasteiger charge is -2.38. The summed E-state index contributed by atoms with van der Waals surface area (Å²) in [7, 11) is 0. The van der Waals surface area contributed by atoms with Crippen LogP contribution in [0.5, 0.6) is 11.5 Å². The summed E-state index contributed by atoms with van der Waals surface area (Å²) in [4.78, 5) is 26.3. The highest BCUT2D eigenvalue weighted by molar-refractivity contribution is 6.24. The van der Waals surface area contributed by atoms with E-state index in [0.29, 0.717) is 25.0 Å². The van der Waals surface area contributed by atoms with Gasteiger partial charge in [0.2, 0.25) is 5.91 Å². The number of nitrogens with zero attached hydrogens (tertiary/aromatic N) is 1. The Morgan fingerprint density at radius 2 is 1.49 bits per heavy atom. The summed E-state index contributed by atoms with van der Waals surface area (Å²) in [5, 5.41) is 7.49. The molecule has 43 heavy (non-hydrogen) atoms. The van der Waals surface area contributed by atoms with Crippen molar-refractivity contribution in [2.24, 2.45) is 0 Å². The summed E-state index contributed by atoms with van der Waals surface area (Å²) in [5.74, 6) is 0.961. The predicted octanol–water partition coefficient (Wildman–Crippen LogP) is 8.81. The monoisotopic (exact) mass is 563 g/mol. The van der Waals surface area contributed by atoms with E-state index in [4.69, 9.17) is 9.47 Å². The summed E-state index contributed by atoms with van der Waals surface area (Å²) in [6, 6.07) is 36.5. The van der Waals surface area contributed by atoms with E-state index in [-0.39, 0.29) is 18.3 Å². The third-order valence-electron chi connectivity index (χ3n) is 9.03. The van der Waals surface area contributed by atoms with Crippen molar-refractivity contribution < 1.29 is 19.1 Å². The van der Waals surface area contributed by atoms with Gasteiger partial charge >= 0.3 is 5.97 Å². The molecule has 0 aliphatic carbocycles. The highest BCUT2D eigenvalue weighted by Gasteiger charge is 2.41. The summed E-state index contributed by atoms with van der Waals surface area (Å²) in [6.45, 7) is 1.58. The third kappa shape index (κ3) is 3.99. The lowest BCUT2D eigenvalue weighted by atomic mass is 9.82. The minimum atomic E-state index is -0.738. The molecular weight excluding hydrogens is 534 g/mol. The Morgan fingerprint density at radius 1 is 0.791 bits per heavy atom. The van der Waals surface area contributed by atoms with E-state index in [9.17, 15) is 9.59 Å². The molecule has 1 atom stereocenters. The van der Waals surface area contributed by atoms with Crippen molar-refractivity contribution in [1.82, 2.24) is 4.57 Å². The molecule has 7 aromatic rings. The molecule has 0 N–H and O–H groups in total. The van der Waals surface area contributed by atoms with Crippen molar-refractivity contribution in [2.45, 2.75) is 38.2 Å². The van der Waals surface area contributed by atoms with E-state index in [1.165, 1.54) is 10.8 Å². The van der Waals surface area contributed by atoms with Gasteiger partial charge in [0.1, 0.15) is 17.1 Å². The number of carbonyl (C=O) groups excluding carboxylic acids is 2. The number of hydrogen-bond donors (Lipinski definition) is 0. The van der Waals surface area contributed by atoms with Crippen molar-refractivity contribution >= 4 is 55.1 Å². The molecule has 2 heterocycles. The van der Waals surface area contributed by atoms with Crippen molar-refractivity contribution in [3.63, 3.8) is 0 Å². The molecule has 1 aromatic heterocycles. The number of aromatic nitrogens is 1. The number of fused-ring (bicyclic) bond motifs is 3.